The highest BCUT2D eigenvalue weighted by Crippen LogP contribution is 2.30. The molecule has 0 bridgehead atoms. The molecule has 0 saturated carbocycles. The number of hydrogen-bond acceptors (Lipinski definition) is 5. The first-order valence-corrected chi connectivity index (χ1v) is 11.4. The Labute approximate surface area is 178 Å². The highest BCUT2D eigenvalue weighted by atomic mass is 35.5. The van der Waals surface area contributed by atoms with Crippen LogP contribution in [0.1, 0.15) is 16.8 Å². The molecule has 0 aromatic heterocycles. The number of halogens is 2. The fraction of sp³-hybridized carbons (Fsp3) is 0.300. The minimum absolute atomic E-state index is 0.0910. The van der Waals surface area contributed by atoms with Crippen molar-refractivity contribution in [3.05, 3.63) is 58.9 Å². The average molecular weight is 452 g/mol. The second-order valence-electron chi connectivity index (χ2n) is 7.12. The van der Waals surface area contributed by atoms with Gasteiger partial charge in [-0.3, -0.25) is 9.59 Å². The maximum absolute atomic E-state index is 14.0. The Morgan fingerprint density at radius 3 is 2.37 bits per heavy atom. The van der Waals surface area contributed by atoms with Crippen molar-refractivity contribution < 1.29 is 22.4 Å². The summed E-state index contributed by atoms with van der Waals surface area (Å²) in [6.07, 6.45) is -0.0910. The summed E-state index contributed by atoms with van der Waals surface area (Å²) in [5, 5.41) is 0.171. The first-order chi connectivity index (χ1) is 14.3. The molecule has 158 valence electrons. The van der Waals surface area contributed by atoms with Crippen LogP contribution in [0, 0.1) is 5.82 Å². The SMILES string of the molecule is O=C(c1cc(N2C(=O)CCS2(=O)=O)ccc1Cl)N1CCN(c2ccccc2F)CC1. The Morgan fingerprint density at radius 1 is 1.03 bits per heavy atom. The predicted molar refractivity (Wildman–Crippen MR) is 112 cm³/mol. The number of carbonyl (C=O) groups is 2. The summed E-state index contributed by atoms with van der Waals surface area (Å²) in [6.45, 7) is 1.61. The number of rotatable bonds is 3. The monoisotopic (exact) mass is 451 g/mol. The number of amides is 2. The van der Waals surface area contributed by atoms with E-state index in [1.807, 2.05) is 4.90 Å². The molecule has 7 nitrogen and oxygen atoms in total. The van der Waals surface area contributed by atoms with Crippen LogP contribution < -0.4 is 9.21 Å². The van der Waals surface area contributed by atoms with Crippen molar-refractivity contribution >= 4 is 44.8 Å². The zero-order chi connectivity index (χ0) is 21.5. The highest BCUT2D eigenvalue weighted by molar-refractivity contribution is 7.94. The minimum Gasteiger partial charge on any atom is -0.366 e. The minimum atomic E-state index is -3.74. The molecule has 2 saturated heterocycles. The van der Waals surface area contributed by atoms with E-state index in [1.165, 1.54) is 24.3 Å². The van der Waals surface area contributed by atoms with Crippen LogP contribution in [0.3, 0.4) is 0 Å². The molecule has 2 aromatic rings. The van der Waals surface area contributed by atoms with E-state index in [9.17, 15) is 22.4 Å². The highest BCUT2D eigenvalue weighted by Gasteiger charge is 2.37. The van der Waals surface area contributed by atoms with Gasteiger partial charge < -0.3 is 9.80 Å². The van der Waals surface area contributed by atoms with Crippen LogP contribution in [0.4, 0.5) is 15.8 Å². The van der Waals surface area contributed by atoms with Crippen molar-refractivity contribution in [3.8, 4) is 0 Å². The van der Waals surface area contributed by atoms with Gasteiger partial charge in [0.2, 0.25) is 15.9 Å². The lowest BCUT2D eigenvalue weighted by molar-refractivity contribution is -0.116. The first-order valence-electron chi connectivity index (χ1n) is 9.42. The Balaban J connectivity index is 1.53. The summed E-state index contributed by atoms with van der Waals surface area (Å²) in [7, 11) is -3.74. The maximum Gasteiger partial charge on any atom is 0.255 e. The molecule has 2 aliphatic rings. The molecule has 4 rings (SSSR count). The van der Waals surface area contributed by atoms with Gasteiger partial charge >= 0.3 is 0 Å². The second-order valence-corrected chi connectivity index (χ2v) is 9.46. The van der Waals surface area contributed by atoms with E-state index in [2.05, 4.69) is 0 Å². The molecule has 0 atom stereocenters. The third kappa shape index (κ3) is 3.75. The van der Waals surface area contributed by atoms with Crippen LogP contribution in [-0.4, -0.2) is 57.1 Å². The summed E-state index contributed by atoms with van der Waals surface area (Å²) >= 11 is 6.21. The van der Waals surface area contributed by atoms with Gasteiger partial charge in [0.15, 0.2) is 0 Å². The normalized spacial score (nSPS) is 18.7. The second kappa shape index (κ2) is 7.88. The molecule has 30 heavy (non-hydrogen) atoms. The number of carbonyl (C=O) groups excluding carboxylic acids is 2. The van der Waals surface area contributed by atoms with Crippen molar-refractivity contribution in [2.45, 2.75) is 6.42 Å². The third-order valence-electron chi connectivity index (χ3n) is 5.25. The standard InChI is InChI=1S/C20H19ClFN3O4S/c21-16-6-5-14(25-19(26)7-12-30(25,28)29)13-15(16)20(27)24-10-8-23(9-11-24)18-4-2-1-3-17(18)22/h1-6,13H,7-12H2. The fourth-order valence-electron chi connectivity index (χ4n) is 3.70. The lowest BCUT2D eigenvalue weighted by Crippen LogP contribution is -2.49. The van der Waals surface area contributed by atoms with E-state index in [1.54, 1.807) is 23.1 Å². The van der Waals surface area contributed by atoms with Crippen LogP contribution in [-0.2, 0) is 14.8 Å². The van der Waals surface area contributed by atoms with E-state index >= 15 is 0 Å². The molecule has 10 heteroatoms. The lowest BCUT2D eigenvalue weighted by atomic mass is 10.1. The van der Waals surface area contributed by atoms with Crippen LogP contribution in [0.2, 0.25) is 5.02 Å². The largest absolute Gasteiger partial charge is 0.366 e. The predicted octanol–water partition coefficient (Wildman–Crippen LogP) is 2.51. The number of anilines is 2. The molecule has 0 unspecified atom stereocenters. The Bertz CT molecular complexity index is 1120. The maximum atomic E-state index is 14.0. The Morgan fingerprint density at radius 2 is 1.73 bits per heavy atom. The number of nitrogens with zero attached hydrogens (tertiary/aromatic N) is 3. The number of benzene rings is 2. The smallest absolute Gasteiger partial charge is 0.255 e. The Kier molecular flexibility index (Phi) is 5.42. The average Bonchev–Trinajstić information content (AvgIpc) is 3.01. The van der Waals surface area contributed by atoms with Gasteiger partial charge in [-0.2, -0.15) is 0 Å². The molecule has 0 N–H and O–H groups in total. The molecule has 0 spiro atoms. The topological polar surface area (TPSA) is 78.0 Å². The van der Waals surface area contributed by atoms with Crippen molar-refractivity contribution in [2.24, 2.45) is 0 Å². The van der Waals surface area contributed by atoms with Gasteiger partial charge in [-0.15, -0.1) is 0 Å². The fourth-order valence-corrected chi connectivity index (χ4v) is 5.35. The van der Waals surface area contributed by atoms with E-state index < -0.39 is 15.9 Å². The van der Waals surface area contributed by atoms with Crippen molar-refractivity contribution in [1.82, 2.24) is 4.90 Å². The summed E-state index contributed by atoms with van der Waals surface area (Å²) in [5.41, 5.74) is 0.723. The molecule has 2 aromatic carbocycles. The van der Waals surface area contributed by atoms with Gasteiger partial charge in [-0.1, -0.05) is 23.7 Å². The molecular weight excluding hydrogens is 433 g/mol. The molecule has 2 aliphatic heterocycles. The lowest BCUT2D eigenvalue weighted by Gasteiger charge is -2.36. The van der Waals surface area contributed by atoms with Crippen molar-refractivity contribution in [1.29, 1.82) is 0 Å². The van der Waals surface area contributed by atoms with E-state index in [4.69, 9.17) is 11.6 Å². The molecule has 0 aliphatic carbocycles. The zero-order valence-corrected chi connectivity index (χ0v) is 17.5. The summed E-state index contributed by atoms with van der Waals surface area (Å²) in [5.74, 6) is -1.46. The van der Waals surface area contributed by atoms with Gasteiger partial charge in [0.05, 0.1) is 27.7 Å². The van der Waals surface area contributed by atoms with Gasteiger partial charge in [0.25, 0.3) is 5.91 Å². The van der Waals surface area contributed by atoms with Crippen LogP contribution in [0.5, 0.6) is 0 Å². The zero-order valence-electron chi connectivity index (χ0n) is 15.9. The summed E-state index contributed by atoms with van der Waals surface area (Å²) in [4.78, 5) is 28.5. The number of sulfonamides is 1. The molecular formula is C20H19ClFN3O4S. The molecule has 0 radical (unpaired) electrons. The third-order valence-corrected chi connectivity index (χ3v) is 7.27. The first kappa shape index (κ1) is 20.6. The number of para-hydroxylation sites is 1. The van der Waals surface area contributed by atoms with Crippen LogP contribution in [0.15, 0.2) is 42.5 Å². The molecule has 2 heterocycles. The van der Waals surface area contributed by atoms with Crippen LogP contribution >= 0.6 is 11.6 Å². The number of hydrogen-bond donors (Lipinski definition) is 0. The quantitative estimate of drug-likeness (QED) is 0.716. The van der Waals surface area contributed by atoms with Gasteiger partial charge in [-0.25, -0.2) is 17.1 Å². The molecule has 2 fully saturated rings. The van der Waals surface area contributed by atoms with Gasteiger partial charge in [0.1, 0.15) is 5.82 Å². The summed E-state index contributed by atoms with van der Waals surface area (Å²) in [6, 6.07) is 10.6. The van der Waals surface area contributed by atoms with E-state index in [0.717, 1.165) is 4.31 Å². The van der Waals surface area contributed by atoms with E-state index in [-0.39, 0.29) is 40.2 Å². The van der Waals surface area contributed by atoms with Crippen molar-refractivity contribution in [2.75, 3.05) is 41.1 Å². The van der Waals surface area contributed by atoms with E-state index in [0.29, 0.717) is 31.9 Å². The molecule has 2 amide bonds. The van der Waals surface area contributed by atoms with Gasteiger partial charge in [0, 0.05) is 32.6 Å². The Hall–Kier alpha value is -2.65. The number of piperazine rings is 1. The van der Waals surface area contributed by atoms with Crippen LogP contribution in [0.25, 0.3) is 0 Å². The van der Waals surface area contributed by atoms with Gasteiger partial charge in [-0.05, 0) is 30.3 Å². The summed E-state index contributed by atoms with van der Waals surface area (Å²) < 4.78 is 39.1. The van der Waals surface area contributed by atoms with Crippen molar-refractivity contribution in [3.63, 3.8) is 0 Å².